The maximum atomic E-state index is 10.1. The number of nitrogen functional groups attached to an aromatic ring is 1. The molecule has 1 aromatic heterocycles. The molecule has 0 unspecified atom stereocenters. The van der Waals surface area contributed by atoms with E-state index >= 15 is 0 Å². The first-order chi connectivity index (χ1) is 11.4. The Kier molecular flexibility index (Phi) is 3.24. The maximum absolute atomic E-state index is 10.1. The Morgan fingerprint density at radius 2 is 1.96 bits per heavy atom. The van der Waals surface area contributed by atoms with Crippen LogP contribution in [0, 0.1) is 29.1 Å². The van der Waals surface area contributed by atoms with Crippen molar-refractivity contribution in [3.63, 3.8) is 0 Å². The summed E-state index contributed by atoms with van der Waals surface area (Å²) in [6.45, 7) is 5.03. The van der Waals surface area contributed by atoms with Gasteiger partial charge in [0, 0.05) is 10.3 Å². The van der Waals surface area contributed by atoms with Crippen molar-refractivity contribution in [2.45, 2.75) is 76.7 Å². The third kappa shape index (κ3) is 1.90. The van der Waals surface area contributed by atoms with E-state index in [4.69, 9.17) is 10.7 Å². The highest BCUT2D eigenvalue weighted by Crippen LogP contribution is 2.65. The Labute approximate surface area is 149 Å². The standard InChI is InChI=1S/C20H30N2OS/c1-19-7-5-12(23)9-11(19)3-4-13-14(19)6-8-20(2)15(13)10-16-17(20)22-18(21)24-16/h11-15,23H,3-10H2,1-2H3,(H2,21,22)/t11-,12-,13+,14-,15-,19-,20-/m0/s1. The zero-order valence-electron chi connectivity index (χ0n) is 14.9. The molecule has 3 saturated carbocycles. The molecule has 0 aromatic carbocycles. The molecule has 1 aromatic rings. The maximum Gasteiger partial charge on any atom is 0.180 e. The molecule has 7 atom stereocenters. The SMILES string of the molecule is C[C@]12CC[C@H](O)C[C@@H]1CC[C@@H]1[C@@H]2CC[C@]2(C)c3nc(N)sc3C[C@@H]12. The largest absolute Gasteiger partial charge is 0.393 e. The summed E-state index contributed by atoms with van der Waals surface area (Å²) in [7, 11) is 0. The number of rotatable bonds is 0. The third-order valence-corrected chi connectivity index (χ3v) is 9.59. The molecule has 0 spiro atoms. The molecule has 3 fully saturated rings. The molecular weight excluding hydrogens is 316 g/mol. The molecule has 5 rings (SSSR count). The number of hydrogen-bond donors (Lipinski definition) is 2. The Morgan fingerprint density at radius 1 is 1.12 bits per heavy atom. The van der Waals surface area contributed by atoms with Crippen molar-refractivity contribution in [1.29, 1.82) is 0 Å². The molecule has 0 radical (unpaired) electrons. The van der Waals surface area contributed by atoms with E-state index in [0.29, 0.717) is 5.41 Å². The van der Waals surface area contributed by atoms with Gasteiger partial charge in [-0.25, -0.2) is 4.98 Å². The molecule has 4 aliphatic rings. The van der Waals surface area contributed by atoms with E-state index in [2.05, 4.69) is 13.8 Å². The van der Waals surface area contributed by atoms with Crippen LogP contribution in [0.25, 0.3) is 0 Å². The summed E-state index contributed by atoms with van der Waals surface area (Å²) in [4.78, 5) is 6.24. The molecule has 4 aliphatic carbocycles. The lowest BCUT2D eigenvalue weighted by Gasteiger charge is -2.60. The van der Waals surface area contributed by atoms with Crippen molar-refractivity contribution in [2.75, 3.05) is 5.73 Å². The van der Waals surface area contributed by atoms with Crippen LogP contribution in [0.1, 0.15) is 69.4 Å². The number of anilines is 1. The summed E-state index contributed by atoms with van der Waals surface area (Å²) in [5.41, 5.74) is 8.08. The quantitative estimate of drug-likeness (QED) is 0.742. The van der Waals surface area contributed by atoms with E-state index in [9.17, 15) is 5.11 Å². The first-order valence-corrected chi connectivity index (χ1v) is 10.7. The van der Waals surface area contributed by atoms with Gasteiger partial charge in [0.1, 0.15) is 0 Å². The number of aliphatic hydroxyl groups excluding tert-OH is 1. The smallest absolute Gasteiger partial charge is 0.180 e. The Balaban J connectivity index is 1.48. The first kappa shape index (κ1) is 15.6. The lowest BCUT2D eigenvalue weighted by Crippen LogP contribution is -2.54. The summed E-state index contributed by atoms with van der Waals surface area (Å²) in [6.07, 6.45) is 9.78. The summed E-state index contributed by atoms with van der Waals surface area (Å²) < 4.78 is 0. The Bertz CT molecular complexity index is 673. The first-order valence-electron chi connectivity index (χ1n) is 9.85. The van der Waals surface area contributed by atoms with Crippen molar-refractivity contribution in [1.82, 2.24) is 4.98 Å². The molecule has 0 saturated heterocycles. The Hall–Kier alpha value is -0.610. The predicted octanol–water partition coefficient (Wildman–Crippen LogP) is 4.14. The van der Waals surface area contributed by atoms with Gasteiger partial charge in [0.2, 0.25) is 0 Å². The van der Waals surface area contributed by atoms with Gasteiger partial charge in [-0.2, -0.15) is 0 Å². The van der Waals surface area contributed by atoms with Crippen molar-refractivity contribution in [3.05, 3.63) is 10.6 Å². The summed E-state index contributed by atoms with van der Waals surface area (Å²) in [6, 6.07) is 0. The molecule has 1 heterocycles. The van der Waals surface area contributed by atoms with Gasteiger partial charge < -0.3 is 10.8 Å². The van der Waals surface area contributed by atoms with Gasteiger partial charge in [-0.3, -0.25) is 0 Å². The van der Waals surface area contributed by atoms with Gasteiger partial charge in [0.05, 0.1) is 11.8 Å². The van der Waals surface area contributed by atoms with Crippen molar-refractivity contribution in [2.24, 2.45) is 29.1 Å². The second kappa shape index (κ2) is 4.97. The molecule has 3 N–H and O–H groups in total. The fourth-order valence-corrected chi connectivity index (χ4v) is 8.41. The fraction of sp³-hybridized carbons (Fsp3) is 0.850. The second-order valence-electron chi connectivity index (χ2n) is 9.57. The molecular formula is C20H30N2OS. The predicted molar refractivity (Wildman–Crippen MR) is 98.0 cm³/mol. The minimum absolute atomic E-state index is 0.0425. The van der Waals surface area contributed by atoms with E-state index in [1.807, 2.05) is 0 Å². The molecule has 3 nitrogen and oxygen atoms in total. The van der Waals surface area contributed by atoms with Crippen LogP contribution in [0.5, 0.6) is 0 Å². The lowest BCUT2D eigenvalue weighted by molar-refractivity contribution is -0.111. The highest BCUT2D eigenvalue weighted by atomic mass is 32.1. The summed E-state index contributed by atoms with van der Waals surface area (Å²) in [5, 5.41) is 10.9. The minimum Gasteiger partial charge on any atom is -0.393 e. The van der Waals surface area contributed by atoms with Crippen LogP contribution in [0.2, 0.25) is 0 Å². The second-order valence-corrected chi connectivity index (χ2v) is 10.7. The van der Waals surface area contributed by atoms with E-state index in [-0.39, 0.29) is 11.5 Å². The number of hydrogen-bond acceptors (Lipinski definition) is 4. The topological polar surface area (TPSA) is 59.1 Å². The number of aromatic nitrogens is 1. The number of fused-ring (bicyclic) bond motifs is 7. The molecule has 24 heavy (non-hydrogen) atoms. The zero-order valence-corrected chi connectivity index (χ0v) is 15.7. The van der Waals surface area contributed by atoms with Crippen molar-refractivity contribution >= 4 is 16.5 Å². The Morgan fingerprint density at radius 3 is 2.79 bits per heavy atom. The van der Waals surface area contributed by atoms with Gasteiger partial charge >= 0.3 is 0 Å². The van der Waals surface area contributed by atoms with E-state index in [1.54, 1.807) is 11.3 Å². The average Bonchev–Trinajstić information content (AvgIpc) is 3.03. The van der Waals surface area contributed by atoms with Crippen LogP contribution in [0.4, 0.5) is 5.13 Å². The normalized spacial score (nSPS) is 49.9. The molecule has 0 bridgehead atoms. The van der Waals surface area contributed by atoms with Gasteiger partial charge in [-0.05, 0) is 80.5 Å². The van der Waals surface area contributed by atoms with Gasteiger partial charge in [0.25, 0.3) is 0 Å². The third-order valence-electron chi connectivity index (χ3n) is 8.69. The van der Waals surface area contributed by atoms with E-state index < -0.39 is 0 Å². The van der Waals surface area contributed by atoms with Crippen molar-refractivity contribution < 1.29 is 5.11 Å². The number of aliphatic hydroxyl groups is 1. The molecule has 132 valence electrons. The zero-order chi connectivity index (χ0) is 16.7. The fourth-order valence-electron chi connectivity index (χ4n) is 7.38. The van der Waals surface area contributed by atoms with Crippen molar-refractivity contribution in [3.8, 4) is 0 Å². The highest BCUT2D eigenvalue weighted by molar-refractivity contribution is 7.15. The number of nitrogens with two attached hydrogens (primary N) is 1. The van der Waals surface area contributed by atoms with Crippen LogP contribution in [-0.4, -0.2) is 16.2 Å². The van der Waals surface area contributed by atoms with Crippen LogP contribution < -0.4 is 5.73 Å². The van der Waals surface area contributed by atoms with Crippen LogP contribution in [0.3, 0.4) is 0 Å². The molecule has 4 heteroatoms. The van der Waals surface area contributed by atoms with Crippen LogP contribution in [0.15, 0.2) is 0 Å². The van der Waals surface area contributed by atoms with Crippen LogP contribution in [-0.2, 0) is 11.8 Å². The van der Waals surface area contributed by atoms with E-state index in [0.717, 1.165) is 41.6 Å². The number of nitrogens with zero attached hydrogens (tertiary/aromatic N) is 1. The molecule has 0 amide bonds. The molecule has 0 aliphatic heterocycles. The van der Waals surface area contributed by atoms with Gasteiger partial charge in [0.15, 0.2) is 5.13 Å². The monoisotopic (exact) mass is 346 g/mol. The highest BCUT2D eigenvalue weighted by Gasteiger charge is 2.60. The van der Waals surface area contributed by atoms with Gasteiger partial charge in [-0.1, -0.05) is 13.8 Å². The van der Waals surface area contributed by atoms with E-state index in [1.165, 1.54) is 49.1 Å². The van der Waals surface area contributed by atoms with Crippen LogP contribution >= 0.6 is 11.3 Å². The number of thiazole rings is 1. The van der Waals surface area contributed by atoms with Gasteiger partial charge in [-0.15, -0.1) is 11.3 Å². The average molecular weight is 347 g/mol. The lowest BCUT2D eigenvalue weighted by atomic mass is 9.45. The minimum atomic E-state index is -0.0425. The summed E-state index contributed by atoms with van der Waals surface area (Å²) >= 11 is 1.74. The summed E-state index contributed by atoms with van der Waals surface area (Å²) in [5.74, 6) is 3.22.